The zero-order valence-corrected chi connectivity index (χ0v) is 23.5. The molecule has 0 radical (unpaired) electrons. The van der Waals surface area contributed by atoms with Crippen LogP contribution in [-0.2, 0) is 17.5 Å². The first kappa shape index (κ1) is 29.6. The van der Waals surface area contributed by atoms with Crippen molar-refractivity contribution < 1.29 is 22.8 Å². The van der Waals surface area contributed by atoms with E-state index in [0.29, 0.717) is 17.1 Å². The van der Waals surface area contributed by atoms with Gasteiger partial charge in [-0.1, -0.05) is 23.4 Å². The lowest BCUT2D eigenvalue weighted by Crippen LogP contribution is -2.26. The average molecular weight is 590 g/mol. The van der Waals surface area contributed by atoms with Crippen molar-refractivity contribution >= 4 is 29.4 Å². The molecule has 9 nitrogen and oxygen atoms in total. The van der Waals surface area contributed by atoms with Gasteiger partial charge >= 0.3 is 6.18 Å². The number of nitrogens with zero attached hydrogens (tertiary/aromatic N) is 6. The van der Waals surface area contributed by atoms with Crippen LogP contribution in [-0.4, -0.2) is 63.4 Å². The van der Waals surface area contributed by atoms with Gasteiger partial charge in [-0.25, -0.2) is 4.98 Å². The summed E-state index contributed by atoms with van der Waals surface area (Å²) in [6.07, 6.45) is 4.31. The van der Waals surface area contributed by atoms with E-state index in [1.54, 1.807) is 42.6 Å². The molecule has 1 aliphatic heterocycles. The van der Waals surface area contributed by atoms with Gasteiger partial charge in [0.2, 0.25) is 5.91 Å². The highest BCUT2D eigenvalue weighted by molar-refractivity contribution is 6.06. The number of carbonyl (C=O) groups is 2. The van der Waals surface area contributed by atoms with E-state index in [0.717, 1.165) is 48.8 Å². The van der Waals surface area contributed by atoms with Crippen LogP contribution in [0.4, 0.5) is 24.7 Å². The third-order valence-electron chi connectivity index (χ3n) is 7.12. The normalized spacial score (nSPS) is 13.9. The van der Waals surface area contributed by atoms with E-state index in [1.165, 1.54) is 44.2 Å². The lowest BCUT2D eigenvalue weighted by atomic mass is 10.1. The quantitative estimate of drug-likeness (QED) is 0.263. The van der Waals surface area contributed by atoms with Crippen LogP contribution in [0.2, 0.25) is 0 Å². The Morgan fingerprint density at radius 1 is 1.02 bits per heavy atom. The van der Waals surface area contributed by atoms with Crippen molar-refractivity contribution in [2.75, 3.05) is 36.9 Å². The van der Waals surface area contributed by atoms with E-state index < -0.39 is 23.6 Å². The highest BCUT2D eigenvalue weighted by Gasteiger charge is 2.31. The van der Waals surface area contributed by atoms with Crippen LogP contribution in [0.25, 0.3) is 17.3 Å². The number of likely N-dealkylation sites (tertiary alicyclic amines) is 1. The van der Waals surface area contributed by atoms with Gasteiger partial charge < -0.3 is 15.1 Å². The first-order valence-electron chi connectivity index (χ1n) is 13.8. The van der Waals surface area contributed by atoms with Crippen LogP contribution in [0.5, 0.6) is 0 Å². The molecule has 2 amide bonds. The van der Waals surface area contributed by atoms with E-state index in [4.69, 9.17) is 0 Å². The number of hydrogen-bond acceptors (Lipinski definition) is 6. The van der Waals surface area contributed by atoms with Gasteiger partial charge in [0.15, 0.2) is 0 Å². The minimum Gasteiger partial charge on any atom is -0.311 e. The molecule has 1 fully saturated rings. The van der Waals surface area contributed by atoms with Crippen LogP contribution < -0.4 is 10.2 Å². The van der Waals surface area contributed by atoms with E-state index in [1.807, 2.05) is 10.9 Å². The number of rotatable bonds is 9. The maximum Gasteiger partial charge on any atom is 0.416 e. The molecule has 222 valence electrons. The average Bonchev–Trinajstić information content (AvgIpc) is 3.71. The van der Waals surface area contributed by atoms with Gasteiger partial charge in [0, 0.05) is 42.7 Å². The lowest BCUT2D eigenvalue weighted by molar-refractivity contribution is -0.137. The first-order valence-corrected chi connectivity index (χ1v) is 13.8. The number of amides is 2. The highest BCUT2D eigenvalue weighted by atomic mass is 19.4. The fraction of sp³-hybridized carbons (Fsp3) is 0.258. The minimum absolute atomic E-state index is 0.112. The molecule has 4 aromatic rings. The smallest absolute Gasteiger partial charge is 0.311 e. The second-order valence-corrected chi connectivity index (χ2v) is 10.2. The summed E-state index contributed by atoms with van der Waals surface area (Å²) in [7, 11) is 1.41. The summed E-state index contributed by atoms with van der Waals surface area (Å²) in [5, 5.41) is 11.1. The van der Waals surface area contributed by atoms with Crippen molar-refractivity contribution in [3.63, 3.8) is 0 Å². The number of halogens is 3. The molecule has 0 bridgehead atoms. The molecule has 0 aliphatic carbocycles. The predicted octanol–water partition coefficient (Wildman–Crippen LogP) is 5.38. The molecule has 2 aromatic carbocycles. The summed E-state index contributed by atoms with van der Waals surface area (Å²) in [6, 6.07) is 14.5. The number of aromatic nitrogens is 4. The summed E-state index contributed by atoms with van der Waals surface area (Å²) in [6.45, 7) is 3.97. The van der Waals surface area contributed by atoms with Crippen LogP contribution in [0, 0.1) is 0 Å². The second kappa shape index (κ2) is 13.0. The lowest BCUT2D eigenvalue weighted by Gasteiger charge is -2.19. The molecule has 12 heteroatoms. The van der Waals surface area contributed by atoms with Crippen molar-refractivity contribution in [1.29, 1.82) is 0 Å². The summed E-state index contributed by atoms with van der Waals surface area (Å²) in [4.78, 5) is 33.4. The number of hydrogen-bond donors (Lipinski definition) is 1. The minimum atomic E-state index is -4.52. The Morgan fingerprint density at radius 3 is 2.56 bits per heavy atom. The van der Waals surface area contributed by atoms with Crippen LogP contribution >= 0.6 is 0 Å². The van der Waals surface area contributed by atoms with E-state index in [2.05, 4.69) is 25.5 Å². The standard InChI is InChI=1S/C31H30F3N7O2/c1-39(26-9-5-8-25(19-26)31(32,33)34)30(43)23-7-4-6-22(18-23)10-13-29(42)36-28-12-11-24(20-35-28)27-21-41(38-37-27)17-16-40-14-2-3-15-40/h4-13,18-21H,2-3,14-17H2,1H3,(H,35,36,42). The number of pyridine rings is 1. The van der Waals surface area contributed by atoms with Gasteiger partial charge in [-0.15, -0.1) is 5.10 Å². The van der Waals surface area contributed by atoms with E-state index in [9.17, 15) is 22.8 Å². The van der Waals surface area contributed by atoms with Crippen molar-refractivity contribution in [2.45, 2.75) is 25.6 Å². The number of anilines is 2. The Hall–Kier alpha value is -4.84. The molecule has 3 heterocycles. The molecule has 0 unspecified atom stereocenters. The van der Waals surface area contributed by atoms with Crippen molar-refractivity contribution in [3.8, 4) is 11.3 Å². The summed E-state index contributed by atoms with van der Waals surface area (Å²) >= 11 is 0. The molecule has 1 N–H and O–H groups in total. The van der Waals surface area contributed by atoms with Crippen molar-refractivity contribution in [3.05, 3.63) is 95.8 Å². The molecule has 2 aromatic heterocycles. The third-order valence-corrected chi connectivity index (χ3v) is 7.12. The van der Waals surface area contributed by atoms with Gasteiger partial charge in [0.05, 0.1) is 18.3 Å². The van der Waals surface area contributed by atoms with Crippen LogP contribution in [0.15, 0.2) is 79.1 Å². The SMILES string of the molecule is CN(C(=O)c1cccc(C=CC(=O)Nc2ccc(-c3cn(CCN4CCCC4)nn3)cn2)c1)c1cccc(C(F)(F)F)c1. The Kier molecular flexibility index (Phi) is 8.96. The molecular formula is C31H30F3N7O2. The molecule has 1 aliphatic rings. The maximum atomic E-state index is 13.1. The van der Waals surface area contributed by atoms with E-state index in [-0.39, 0.29) is 11.3 Å². The highest BCUT2D eigenvalue weighted by Crippen LogP contribution is 2.31. The monoisotopic (exact) mass is 589 g/mol. The molecule has 1 saturated heterocycles. The van der Waals surface area contributed by atoms with E-state index >= 15 is 0 Å². The predicted molar refractivity (Wildman–Crippen MR) is 157 cm³/mol. The van der Waals surface area contributed by atoms with Crippen molar-refractivity contribution in [2.24, 2.45) is 0 Å². The fourth-order valence-corrected chi connectivity index (χ4v) is 4.73. The molecule has 43 heavy (non-hydrogen) atoms. The number of nitrogens with one attached hydrogen (secondary N) is 1. The molecule has 0 spiro atoms. The van der Waals surface area contributed by atoms with Gasteiger partial charge in [-0.05, 0) is 80.0 Å². The maximum absolute atomic E-state index is 13.1. The molecular weight excluding hydrogens is 559 g/mol. The Labute approximate surface area is 246 Å². The summed E-state index contributed by atoms with van der Waals surface area (Å²) < 4.78 is 41.1. The largest absolute Gasteiger partial charge is 0.416 e. The Morgan fingerprint density at radius 2 is 1.81 bits per heavy atom. The fourth-order valence-electron chi connectivity index (χ4n) is 4.73. The molecule has 0 atom stereocenters. The van der Waals surface area contributed by atoms with Gasteiger partial charge in [0.25, 0.3) is 5.91 Å². The molecule has 0 saturated carbocycles. The Balaban J connectivity index is 1.16. The van der Waals surface area contributed by atoms with Gasteiger partial charge in [0.1, 0.15) is 11.5 Å². The first-order chi connectivity index (χ1) is 20.7. The topological polar surface area (TPSA) is 96.2 Å². The zero-order chi connectivity index (χ0) is 30.4. The number of benzene rings is 2. The third kappa shape index (κ3) is 7.72. The Bertz CT molecular complexity index is 1610. The number of carbonyl (C=O) groups excluding carboxylic acids is 2. The van der Waals surface area contributed by atoms with Gasteiger partial charge in [-0.3, -0.25) is 14.3 Å². The van der Waals surface area contributed by atoms with Gasteiger partial charge in [-0.2, -0.15) is 13.2 Å². The van der Waals surface area contributed by atoms with Crippen molar-refractivity contribution in [1.82, 2.24) is 24.9 Å². The summed E-state index contributed by atoms with van der Waals surface area (Å²) in [5.74, 6) is -0.563. The summed E-state index contributed by atoms with van der Waals surface area (Å²) in [5.41, 5.74) is 1.56. The molecule has 5 rings (SSSR count). The van der Waals surface area contributed by atoms with Crippen LogP contribution in [0.1, 0.15) is 34.3 Å². The number of alkyl halides is 3. The zero-order valence-electron chi connectivity index (χ0n) is 23.5. The van der Waals surface area contributed by atoms with Crippen LogP contribution in [0.3, 0.4) is 0 Å². The second-order valence-electron chi connectivity index (χ2n) is 10.2.